The van der Waals surface area contributed by atoms with E-state index in [9.17, 15) is 13.7 Å². The summed E-state index contributed by atoms with van der Waals surface area (Å²) in [5.74, 6) is 0.202. The van der Waals surface area contributed by atoms with Crippen LogP contribution >= 0.6 is 11.3 Å². The lowest BCUT2D eigenvalue weighted by atomic mass is 10.3. The summed E-state index contributed by atoms with van der Waals surface area (Å²) in [6.45, 7) is 0. The molecule has 0 bridgehead atoms. The number of allylic oxidation sites excluding steroid dienone is 1. The Bertz CT molecular complexity index is 1290. The number of aromatic nitrogens is 2. The molecule has 0 aliphatic rings. The number of nitrogens with one attached hydrogen (secondary N) is 2. The molecule has 8 nitrogen and oxygen atoms in total. The lowest BCUT2D eigenvalue weighted by Crippen LogP contribution is -2.12. The Morgan fingerprint density at radius 3 is 2.66 bits per heavy atom. The van der Waals surface area contributed by atoms with Crippen molar-refractivity contribution in [1.29, 1.82) is 5.26 Å². The summed E-state index contributed by atoms with van der Waals surface area (Å²) in [4.78, 5) is 8.30. The van der Waals surface area contributed by atoms with Gasteiger partial charge in [0.25, 0.3) is 10.0 Å². The van der Waals surface area contributed by atoms with Crippen LogP contribution in [0.2, 0.25) is 0 Å². The molecule has 2 aromatic carbocycles. The first kappa shape index (κ1) is 18.7. The average Bonchev–Trinajstić information content (AvgIpc) is 3.38. The summed E-state index contributed by atoms with van der Waals surface area (Å²) in [7, 11) is -3.72. The van der Waals surface area contributed by atoms with Crippen molar-refractivity contribution in [2.45, 2.75) is 4.90 Å². The number of sulfonamides is 1. The van der Waals surface area contributed by atoms with Gasteiger partial charge in [-0.1, -0.05) is 12.1 Å². The lowest BCUT2D eigenvalue weighted by molar-refractivity contribution is 0.586. The van der Waals surface area contributed by atoms with Crippen molar-refractivity contribution >= 4 is 48.9 Å². The average molecular weight is 423 g/mol. The predicted octanol–water partition coefficient (Wildman–Crippen LogP) is 4.06. The lowest BCUT2D eigenvalue weighted by Gasteiger charge is -2.06. The highest BCUT2D eigenvalue weighted by molar-refractivity contribution is 7.93. The van der Waals surface area contributed by atoms with E-state index in [0.717, 1.165) is 0 Å². The molecular formula is C19H13N5O3S2. The van der Waals surface area contributed by atoms with Crippen molar-refractivity contribution < 1.29 is 12.8 Å². The van der Waals surface area contributed by atoms with Crippen LogP contribution in [-0.4, -0.2) is 18.4 Å². The molecule has 10 heteroatoms. The maximum atomic E-state index is 12.4. The van der Waals surface area contributed by atoms with Crippen molar-refractivity contribution in [3.8, 4) is 6.07 Å². The molecule has 0 amide bonds. The molecule has 144 valence electrons. The van der Waals surface area contributed by atoms with Gasteiger partial charge in [-0.25, -0.2) is 18.4 Å². The highest BCUT2D eigenvalue weighted by Gasteiger charge is 2.15. The molecule has 2 aromatic heterocycles. The standard InChI is InChI=1S/C19H13N5O3S2/c20-11-13(18-23-16-3-1-2-4-17(16)27-18)12-22-14-5-7-15(8-6-14)29(25,26)24-19-21-9-10-28-19/h1-10,12,22H,(H,21,24). The second kappa shape index (κ2) is 7.75. The fourth-order valence-corrected chi connectivity index (χ4v) is 4.25. The minimum Gasteiger partial charge on any atom is -0.435 e. The van der Waals surface area contributed by atoms with Gasteiger partial charge in [-0.3, -0.25) is 4.72 Å². The maximum absolute atomic E-state index is 12.4. The summed E-state index contributed by atoms with van der Waals surface area (Å²) in [6.07, 6.45) is 2.98. The number of oxazole rings is 1. The van der Waals surface area contributed by atoms with Gasteiger partial charge in [-0.05, 0) is 36.4 Å². The first-order chi connectivity index (χ1) is 14.0. The van der Waals surface area contributed by atoms with E-state index in [1.54, 1.807) is 29.6 Å². The van der Waals surface area contributed by atoms with E-state index in [1.807, 2.05) is 18.2 Å². The van der Waals surface area contributed by atoms with E-state index in [4.69, 9.17) is 4.42 Å². The highest BCUT2D eigenvalue weighted by Crippen LogP contribution is 2.22. The zero-order valence-corrected chi connectivity index (χ0v) is 16.4. The SMILES string of the molecule is N#CC(=CNc1ccc(S(=O)(=O)Nc2nccs2)cc1)c1nc2ccccc2o1. The van der Waals surface area contributed by atoms with Crippen LogP contribution in [0.1, 0.15) is 5.89 Å². The van der Waals surface area contributed by atoms with Crippen molar-refractivity contribution in [2.75, 3.05) is 10.0 Å². The number of hydrogen-bond acceptors (Lipinski definition) is 8. The molecule has 2 N–H and O–H groups in total. The first-order valence-electron chi connectivity index (χ1n) is 8.30. The fraction of sp³-hybridized carbons (Fsp3) is 0. The third-order valence-corrected chi connectivity index (χ3v) is 6.02. The summed E-state index contributed by atoms with van der Waals surface area (Å²) in [5, 5.41) is 14.3. The second-order valence-electron chi connectivity index (χ2n) is 5.77. The van der Waals surface area contributed by atoms with E-state index >= 15 is 0 Å². The van der Waals surface area contributed by atoms with Crippen LogP contribution < -0.4 is 10.0 Å². The molecule has 0 saturated carbocycles. The number of anilines is 2. The Labute approximate surface area is 170 Å². The van der Waals surface area contributed by atoms with Crippen LogP contribution in [-0.2, 0) is 10.0 Å². The molecule has 0 saturated heterocycles. The molecule has 2 heterocycles. The Morgan fingerprint density at radius 2 is 1.97 bits per heavy atom. The predicted molar refractivity (Wildman–Crippen MR) is 111 cm³/mol. The zero-order chi connectivity index (χ0) is 20.3. The quantitative estimate of drug-likeness (QED) is 0.449. The van der Waals surface area contributed by atoms with Crippen LogP contribution in [0.4, 0.5) is 10.8 Å². The Hall–Kier alpha value is -3.68. The van der Waals surface area contributed by atoms with E-state index in [-0.39, 0.29) is 16.4 Å². The number of fused-ring (bicyclic) bond motifs is 1. The number of nitrogens with zero attached hydrogens (tertiary/aromatic N) is 3. The molecule has 4 aromatic rings. The van der Waals surface area contributed by atoms with Gasteiger partial charge in [0.1, 0.15) is 17.2 Å². The number of benzene rings is 2. The molecule has 4 rings (SSSR count). The van der Waals surface area contributed by atoms with Gasteiger partial charge >= 0.3 is 0 Å². The van der Waals surface area contributed by atoms with Gasteiger partial charge in [-0.15, -0.1) is 11.3 Å². The van der Waals surface area contributed by atoms with Crippen LogP contribution in [0, 0.1) is 11.3 Å². The Kier molecular flexibility index (Phi) is 4.99. The van der Waals surface area contributed by atoms with Gasteiger partial charge in [0, 0.05) is 23.5 Å². The summed E-state index contributed by atoms with van der Waals surface area (Å²) in [6, 6.07) is 15.4. The molecule has 0 unspecified atom stereocenters. The van der Waals surface area contributed by atoms with Gasteiger partial charge in [-0.2, -0.15) is 5.26 Å². The van der Waals surface area contributed by atoms with Crippen LogP contribution in [0.25, 0.3) is 16.7 Å². The number of hydrogen-bond donors (Lipinski definition) is 2. The maximum Gasteiger partial charge on any atom is 0.263 e. The van der Waals surface area contributed by atoms with Crippen molar-refractivity contribution in [3.63, 3.8) is 0 Å². The minimum absolute atomic E-state index is 0.0988. The smallest absolute Gasteiger partial charge is 0.263 e. The monoisotopic (exact) mass is 423 g/mol. The molecule has 0 atom stereocenters. The van der Waals surface area contributed by atoms with Gasteiger partial charge < -0.3 is 9.73 Å². The van der Waals surface area contributed by atoms with Crippen LogP contribution in [0.3, 0.4) is 0 Å². The molecular weight excluding hydrogens is 410 g/mol. The Morgan fingerprint density at radius 1 is 1.17 bits per heavy atom. The fourth-order valence-electron chi connectivity index (χ4n) is 2.46. The molecule has 29 heavy (non-hydrogen) atoms. The molecule has 0 radical (unpaired) electrons. The number of thiazole rings is 1. The number of nitriles is 1. The van der Waals surface area contributed by atoms with Gasteiger partial charge in [0.15, 0.2) is 10.7 Å². The molecule has 0 fully saturated rings. The van der Waals surface area contributed by atoms with Crippen molar-refractivity contribution in [1.82, 2.24) is 9.97 Å². The zero-order valence-electron chi connectivity index (χ0n) is 14.7. The third-order valence-electron chi connectivity index (χ3n) is 3.85. The molecule has 0 spiro atoms. The highest BCUT2D eigenvalue weighted by atomic mass is 32.2. The van der Waals surface area contributed by atoms with Crippen molar-refractivity contribution in [2.24, 2.45) is 0 Å². The largest absolute Gasteiger partial charge is 0.435 e. The normalized spacial score (nSPS) is 11.9. The molecule has 0 aliphatic heterocycles. The third kappa shape index (κ3) is 4.11. The van der Waals surface area contributed by atoms with Crippen molar-refractivity contribution in [3.05, 3.63) is 72.2 Å². The van der Waals surface area contributed by atoms with Crippen LogP contribution in [0.15, 0.2) is 75.6 Å². The van der Waals surface area contributed by atoms with Crippen LogP contribution in [0.5, 0.6) is 0 Å². The van der Waals surface area contributed by atoms with Gasteiger partial charge in [0.2, 0.25) is 5.89 Å². The minimum atomic E-state index is -3.72. The van der Waals surface area contributed by atoms with E-state index < -0.39 is 10.0 Å². The summed E-state index contributed by atoms with van der Waals surface area (Å²) in [5.41, 5.74) is 2.06. The number of para-hydroxylation sites is 2. The van der Waals surface area contributed by atoms with E-state index in [2.05, 4.69) is 20.0 Å². The first-order valence-corrected chi connectivity index (χ1v) is 10.7. The summed E-state index contributed by atoms with van der Waals surface area (Å²) < 4.78 is 32.7. The second-order valence-corrected chi connectivity index (χ2v) is 8.34. The summed E-state index contributed by atoms with van der Waals surface area (Å²) >= 11 is 1.19. The Balaban J connectivity index is 1.51. The van der Waals surface area contributed by atoms with Gasteiger partial charge in [0.05, 0.1) is 4.90 Å². The van der Waals surface area contributed by atoms with E-state index in [0.29, 0.717) is 21.9 Å². The molecule has 0 aliphatic carbocycles. The number of rotatable bonds is 6. The van der Waals surface area contributed by atoms with E-state index in [1.165, 1.54) is 35.9 Å². The topological polar surface area (TPSA) is 121 Å².